The number of halogens is 1. The van der Waals surface area contributed by atoms with Crippen LogP contribution in [0.4, 0.5) is 16.2 Å². The molecular weight excluding hydrogens is 241 g/mol. The van der Waals surface area contributed by atoms with E-state index in [0.29, 0.717) is 6.54 Å². The number of nitrogens with two attached hydrogens (primary N) is 1. The van der Waals surface area contributed by atoms with Crippen LogP contribution in [0, 0.1) is 12.7 Å². The van der Waals surface area contributed by atoms with Gasteiger partial charge in [0.1, 0.15) is 0 Å². The number of hydrogen-bond donors (Lipinski definition) is 3. The predicted octanol–water partition coefficient (Wildman–Crippen LogP) is 1.88. The molecule has 0 aromatic carbocycles. The van der Waals surface area contributed by atoms with Crippen LogP contribution in [0.1, 0.15) is 10.4 Å². The summed E-state index contributed by atoms with van der Waals surface area (Å²) < 4.78 is 13.4. The van der Waals surface area contributed by atoms with Crippen LogP contribution in [-0.4, -0.2) is 9.97 Å². The molecule has 2 rings (SSSR count). The van der Waals surface area contributed by atoms with Gasteiger partial charge in [-0.25, -0.2) is 15.2 Å². The van der Waals surface area contributed by atoms with Gasteiger partial charge in [-0.2, -0.15) is 4.98 Å². The fourth-order valence-electron chi connectivity index (χ4n) is 1.31. The van der Waals surface area contributed by atoms with Crippen molar-refractivity contribution >= 4 is 23.1 Å². The minimum Gasteiger partial charge on any atom is -0.363 e. The van der Waals surface area contributed by atoms with Crippen LogP contribution in [0.5, 0.6) is 0 Å². The number of nitrogens with zero attached hydrogens (tertiary/aromatic N) is 2. The predicted molar refractivity (Wildman–Crippen MR) is 66.2 cm³/mol. The van der Waals surface area contributed by atoms with E-state index in [1.807, 2.05) is 18.4 Å². The maximum Gasteiger partial charge on any atom is 0.239 e. The number of anilines is 2. The highest BCUT2D eigenvalue weighted by Gasteiger charge is 2.07. The Labute approximate surface area is 102 Å². The lowest BCUT2D eigenvalue weighted by molar-refractivity contribution is 0.617. The van der Waals surface area contributed by atoms with Gasteiger partial charge in [0.25, 0.3) is 0 Å². The van der Waals surface area contributed by atoms with E-state index in [1.165, 1.54) is 5.56 Å². The molecule has 0 spiro atoms. The molecule has 7 heteroatoms. The molecule has 0 aliphatic rings. The van der Waals surface area contributed by atoms with Gasteiger partial charge in [-0.1, -0.05) is 0 Å². The third-order valence-electron chi connectivity index (χ3n) is 2.26. The molecule has 90 valence electrons. The maximum atomic E-state index is 13.4. The molecule has 2 heterocycles. The van der Waals surface area contributed by atoms with Crippen LogP contribution >= 0.6 is 11.3 Å². The number of thiophene rings is 1. The number of aromatic nitrogens is 2. The molecule has 0 saturated carbocycles. The van der Waals surface area contributed by atoms with Crippen LogP contribution in [0.2, 0.25) is 0 Å². The quantitative estimate of drug-likeness (QED) is 0.573. The average molecular weight is 253 g/mol. The Balaban J connectivity index is 2.11. The summed E-state index contributed by atoms with van der Waals surface area (Å²) in [5.41, 5.74) is 3.45. The van der Waals surface area contributed by atoms with E-state index < -0.39 is 5.82 Å². The molecule has 4 N–H and O–H groups in total. The summed E-state index contributed by atoms with van der Waals surface area (Å²) in [6.45, 7) is 2.54. The summed E-state index contributed by atoms with van der Waals surface area (Å²) in [6.07, 6.45) is 1.08. The molecule has 5 nitrogen and oxygen atoms in total. The normalized spacial score (nSPS) is 10.3. The molecule has 0 aliphatic heterocycles. The molecule has 0 unspecified atom stereocenters. The Morgan fingerprint density at radius 2 is 2.35 bits per heavy atom. The molecule has 0 radical (unpaired) electrons. The van der Waals surface area contributed by atoms with Gasteiger partial charge in [-0.15, -0.1) is 11.3 Å². The van der Waals surface area contributed by atoms with E-state index in [9.17, 15) is 4.39 Å². The van der Waals surface area contributed by atoms with Gasteiger partial charge < -0.3 is 5.32 Å². The van der Waals surface area contributed by atoms with Gasteiger partial charge in [0.05, 0.1) is 12.7 Å². The molecule has 0 fully saturated rings. The van der Waals surface area contributed by atoms with E-state index in [1.54, 1.807) is 11.3 Å². The van der Waals surface area contributed by atoms with Crippen molar-refractivity contribution in [2.75, 3.05) is 10.7 Å². The first-order chi connectivity index (χ1) is 8.20. The van der Waals surface area contributed by atoms with E-state index in [0.717, 1.165) is 11.1 Å². The lowest BCUT2D eigenvalue weighted by atomic mass is 10.3. The van der Waals surface area contributed by atoms with Crippen molar-refractivity contribution < 1.29 is 4.39 Å². The van der Waals surface area contributed by atoms with Gasteiger partial charge in [0.15, 0.2) is 11.6 Å². The Morgan fingerprint density at radius 1 is 1.53 bits per heavy atom. The second-order valence-corrected chi connectivity index (χ2v) is 4.42. The lowest BCUT2D eigenvalue weighted by Crippen LogP contribution is -2.12. The largest absolute Gasteiger partial charge is 0.363 e. The fraction of sp³-hybridized carbons (Fsp3) is 0.200. The second-order valence-electron chi connectivity index (χ2n) is 3.41. The number of rotatable bonds is 4. The summed E-state index contributed by atoms with van der Waals surface area (Å²) >= 11 is 1.62. The second kappa shape index (κ2) is 5.07. The average Bonchev–Trinajstić information content (AvgIpc) is 2.74. The summed E-state index contributed by atoms with van der Waals surface area (Å²) in [5, 5.41) is 4.92. The van der Waals surface area contributed by atoms with Crippen molar-refractivity contribution in [2.45, 2.75) is 13.5 Å². The molecule has 0 aliphatic carbocycles. The first-order valence-corrected chi connectivity index (χ1v) is 5.84. The Kier molecular flexibility index (Phi) is 3.50. The summed E-state index contributed by atoms with van der Waals surface area (Å²) in [7, 11) is 0. The minimum absolute atomic E-state index is 0.140. The first kappa shape index (κ1) is 11.7. The highest BCUT2D eigenvalue weighted by Crippen LogP contribution is 2.18. The zero-order valence-corrected chi connectivity index (χ0v) is 10.0. The number of nitrogens with one attached hydrogen (secondary N) is 2. The van der Waals surface area contributed by atoms with E-state index in [-0.39, 0.29) is 11.8 Å². The van der Waals surface area contributed by atoms with Gasteiger partial charge in [-0.3, -0.25) is 5.43 Å². The first-order valence-electron chi connectivity index (χ1n) is 4.96. The zero-order chi connectivity index (χ0) is 12.3. The van der Waals surface area contributed by atoms with Crippen molar-refractivity contribution in [3.05, 3.63) is 33.9 Å². The number of hydrogen-bond acceptors (Lipinski definition) is 6. The third kappa shape index (κ3) is 2.69. The molecular formula is C10H12FN5S. The van der Waals surface area contributed by atoms with Gasteiger partial charge >= 0.3 is 0 Å². The van der Waals surface area contributed by atoms with Crippen LogP contribution in [-0.2, 0) is 6.54 Å². The molecule has 0 amide bonds. The maximum absolute atomic E-state index is 13.4. The smallest absolute Gasteiger partial charge is 0.239 e. The van der Waals surface area contributed by atoms with Crippen LogP contribution in [0.15, 0.2) is 17.6 Å². The zero-order valence-electron chi connectivity index (χ0n) is 9.20. The standard InChI is InChI=1S/C10H12FN5S/c1-6-2-3-17-8(6)5-13-9-7(11)4-14-10(15-9)16-12/h2-4H,5,12H2,1H3,(H2,13,14,15,16). The summed E-state index contributed by atoms with van der Waals surface area (Å²) in [5.74, 6) is 4.98. The fourth-order valence-corrected chi connectivity index (χ4v) is 2.16. The van der Waals surface area contributed by atoms with Crippen molar-refractivity contribution in [3.63, 3.8) is 0 Å². The van der Waals surface area contributed by atoms with Crippen molar-refractivity contribution in [3.8, 4) is 0 Å². The molecule has 17 heavy (non-hydrogen) atoms. The summed E-state index contributed by atoms with van der Waals surface area (Å²) in [6, 6.07) is 2.02. The topological polar surface area (TPSA) is 75.9 Å². The van der Waals surface area contributed by atoms with Gasteiger partial charge in [0.2, 0.25) is 5.95 Å². The van der Waals surface area contributed by atoms with E-state index in [2.05, 4.69) is 20.7 Å². The molecule has 2 aromatic heterocycles. The van der Waals surface area contributed by atoms with Gasteiger partial charge in [0, 0.05) is 4.88 Å². The third-order valence-corrected chi connectivity index (χ3v) is 3.28. The minimum atomic E-state index is -0.502. The van der Waals surface area contributed by atoms with E-state index in [4.69, 9.17) is 5.84 Å². The molecule has 2 aromatic rings. The summed E-state index contributed by atoms with van der Waals surface area (Å²) in [4.78, 5) is 8.70. The van der Waals surface area contributed by atoms with E-state index >= 15 is 0 Å². The van der Waals surface area contributed by atoms with Crippen molar-refractivity contribution in [1.29, 1.82) is 0 Å². The monoisotopic (exact) mass is 253 g/mol. The van der Waals surface area contributed by atoms with Crippen LogP contribution in [0.25, 0.3) is 0 Å². The highest BCUT2D eigenvalue weighted by atomic mass is 32.1. The number of aryl methyl sites for hydroxylation is 1. The Hall–Kier alpha value is -1.73. The van der Waals surface area contributed by atoms with Crippen molar-refractivity contribution in [1.82, 2.24) is 9.97 Å². The Bertz CT molecular complexity index is 513. The number of nitrogen functional groups attached to an aromatic ring is 1. The molecule has 0 saturated heterocycles. The Morgan fingerprint density at radius 3 is 3.00 bits per heavy atom. The van der Waals surface area contributed by atoms with Gasteiger partial charge in [-0.05, 0) is 23.9 Å². The number of hydrazine groups is 1. The SMILES string of the molecule is Cc1ccsc1CNc1nc(NN)ncc1F. The van der Waals surface area contributed by atoms with Crippen LogP contribution < -0.4 is 16.6 Å². The lowest BCUT2D eigenvalue weighted by Gasteiger charge is -2.07. The molecule has 0 bridgehead atoms. The molecule has 0 atom stereocenters. The highest BCUT2D eigenvalue weighted by molar-refractivity contribution is 7.10. The van der Waals surface area contributed by atoms with Crippen molar-refractivity contribution in [2.24, 2.45) is 5.84 Å². The van der Waals surface area contributed by atoms with Crippen LogP contribution in [0.3, 0.4) is 0 Å².